The normalized spacial score (nSPS) is 34.9. The third-order valence-corrected chi connectivity index (χ3v) is 4.32. The number of amides is 1. The van der Waals surface area contributed by atoms with Crippen LogP contribution in [0.2, 0.25) is 0 Å². The molecule has 1 saturated heterocycles. The van der Waals surface area contributed by atoms with Crippen molar-refractivity contribution in [3.05, 3.63) is 11.5 Å². The van der Waals surface area contributed by atoms with E-state index >= 15 is 0 Å². The molecule has 15 heavy (non-hydrogen) atoms. The molecule has 0 aromatic heterocycles. The van der Waals surface area contributed by atoms with Crippen molar-refractivity contribution < 1.29 is 4.79 Å². The van der Waals surface area contributed by atoms with Crippen molar-refractivity contribution in [3.8, 4) is 0 Å². The predicted molar refractivity (Wildman–Crippen MR) is 61.6 cm³/mol. The Hall–Kier alpha value is -0.770. The van der Waals surface area contributed by atoms with Gasteiger partial charge in [0, 0.05) is 4.91 Å². The minimum absolute atomic E-state index is 0.161. The molecule has 0 aromatic rings. The van der Waals surface area contributed by atoms with E-state index in [4.69, 9.17) is 4.99 Å². The van der Waals surface area contributed by atoms with Crippen LogP contribution >= 0.6 is 11.8 Å². The molecule has 0 unspecified atom stereocenters. The van der Waals surface area contributed by atoms with Gasteiger partial charge in [0.25, 0.3) is 0 Å². The molecule has 2 aliphatic heterocycles. The second-order valence-corrected chi connectivity index (χ2v) is 5.58. The van der Waals surface area contributed by atoms with Gasteiger partial charge in [0.05, 0.1) is 18.5 Å². The van der Waals surface area contributed by atoms with Crippen molar-refractivity contribution in [2.24, 2.45) is 10.9 Å². The molecule has 1 amide bonds. The largest absolute Gasteiger partial charge is 0.286 e. The maximum absolute atomic E-state index is 12.2. The number of rotatable bonds is 0. The first-order valence-corrected chi connectivity index (χ1v) is 6.32. The smallest absolute Gasteiger partial charge is 0.234 e. The number of carbonyl (C=O) groups is 1. The number of thioether (sulfide) groups is 1. The molecule has 2 atom stereocenters. The molecular formula is C11H14N2OS. The lowest BCUT2D eigenvalue weighted by Gasteiger charge is -2.35. The lowest BCUT2D eigenvalue weighted by molar-refractivity contribution is -0.133. The zero-order valence-electron chi connectivity index (χ0n) is 8.61. The molecule has 2 heterocycles. The summed E-state index contributed by atoms with van der Waals surface area (Å²) >= 11 is 1.57. The van der Waals surface area contributed by atoms with E-state index in [2.05, 4.69) is 6.58 Å². The van der Waals surface area contributed by atoms with Gasteiger partial charge in [-0.15, -0.1) is 0 Å². The van der Waals surface area contributed by atoms with Crippen LogP contribution in [0.15, 0.2) is 16.5 Å². The van der Waals surface area contributed by atoms with Crippen molar-refractivity contribution in [1.29, 1.82) is 0 Å². The van der Waals surface area contributed by atoms with E-state index in [0.29, 0.717) is 6.54 Å². The van der Waals surface area contributed by atoms with Gasteiger partial charge in [-0.1, -0.05) is 31.2 Å². The fourth-order valence-corrected chi connectivity index (χ4v) is 3.53. The molecule has 0 N–H and O–H groups in total. The second-order valence-electron chi connectivity index (χ2n) is 4.44. The first-order chi connectivity index (χ1) is 7.25. The summed E-state index contributed by atoms with van der Waals surface area (Å²) in [6, 6.07) is 0.260. The van der Waals surface area contributed by atoms with Crippen LogP contribution in [-0.2, 0) is 4.79 Å². The van der Waals surface area contributed by atoms with Crippen molar-refractivity contribution in [2.45, 2.75) is 31.7 Å². The molecule has 1 aliphatic carbocycles. The van der Waals surface area contributed by atoms with Crippen LogP contribution in [0.5, 0.6) is 0 Å². The monoisotopic (exact) mass is 222 g/mol. The van der Waals surface area contributed by atoms with E-state index < -0.39 is 0 Å². The predicted octanol–water partition coefficient (Wildman–Crippen LogP) is 2.00. The third kappa shape index (κ3) is 1.42. The number of nitrogens with zero attached hydrogens (tertiary/aromatic N) is 2. The Bertz CT molecular complexity index is 364. The molecule has 2 fully saturated rings. The van der Waals surface area contributed by atoms with Crippen LogP contribution < -0.4 is 0 Å². The average Bonchev–Trinajstić information content (AvgIpc) is 2.59. The number of hydrogen-bond donors (Lipinski definition) is 0. The first kappa shape index (κ1) is 9.46. The molecule has 3 nitrogen and oxygen atoms in total. The Morgan fingerprint density at radius 2 is 2.20 bits per heavy atom. The Balaban J connectivity index is 1.95. The van der Waals surface area contributed by atoms with E-state index in [1.165, 1.54) is 12.8 Å². The molecule has 0 aromatic carbocycles. The van der Waals surface area contributed by atoms with Gasteiger partial charge in [-0.05, 0) is 12.8 Å². The highest BCUT2D eigenvalue weighted by molar-refractivity contribution is 8.17. The summed E-state index contributed by atoms with van der Waals surface area (Å²) in [7, 11) is 0. The highest BCUT2D eigenvalue weighted by Crippen LogP contribution is 2.38. The van der Waals surface area contributed by atoms with Gasteiger partial charge >= 0.3 is 0 Å². The molecule has 80 valence electrons. The molecule has 3 aliphatic rings. The molecule has 4 heteroatoms. The molecule has 0 bridgehead atoms. The third-order valence-electron chi connectivity index (χ3n) is 3.39. The maximum atomic E-state index is 12.2. The van der Waals surface area contributed by atoms with Crippen LogP contribution in [0.4, 0.5) is 0 Å². The topological polar surface area (TPSA) is 32.7 Å². The molecule has 1 saturated carbocycles. The van der Waals surface area contributed by atoms with E-state index in [1.807, 2.05) is 4.90 Å². The minimum Gasteiger partial charge on any atom is -0.286 e. The van der Waals surface area contributed by atoms with Crippen molar-refractivity contribution >= 4 is 22.8 Å². The Kier molecular flexibility index (Phi) is 2.12. The van der Waals surface area contributed by atoms with Gasteiger partial charge in [0.15, 0.2) is 5.17 Å². The van der Waals surface area contributed by atoms with E-state index in [1.54, 1.807) is 11.8 Å². The lowest BCUT2D eigenvalue weighted by Crippen LogP contribution is -2.46. The van der Waals surface area contributed by atoms with Gasteiger partial charge in [-0.2, -0.15) is 0 Å². The molecule has 0 spiro atoms. The molecule has 3 rings (SSSR count). The quantitative estimate of drug-likeness (QED) is 0.628. The summed E-state index contributed by atoms with van der Waals surface area (Å²) in [5.41, 5.74) is 0. The lowest BCUT2D eigenvalue weighted by atomic mass is 9.83. The van der Waals surface area contributed by atoms with Crippen molar-refractivity contribution in [1.82, 2.24) is 4.90 Å². The van der Waals surface area contributed by atoms with Gasteiger partial charge in [-0.3, -0.25) is 14.7 Å². The van der Waals surface area contributed by atoms with Crippen LogP contribution in [0.1, 0.15) is 25.7 Å². The number of hydrogen-bond acceptors (Lipinski definition) is 3. The van der Waals surface area contributed by atoms with Gasteiger partial charge in [0.2, 0.25) is 5.91 Å². The number of aliphatic imine (C=N–C) groups is 1. The van der Waals surface area contributed by atoms with Gasteiger partial charge in [0.1, 0.15) is 0 Å². The van der Waals surface area contributed by atoms with E-state index in [0.717, 1.165) is 22.9 Å². The zero-order valence-corrected chi connectivity index (χ0v) is 9.42. The number of amidine groups is 1. The average molecular weight is 222 g/mol. The van der Waals surface area contributed by atoms with Crippen molar-refractivity contribution in [3.63, 3.8) is 0 Å². The van der Waals surface area contributed by atoms with Crippen LogP contribution in [-0.4, -0.2) is 28.6 Å². The second kappa shape index (κ2) is 3.37. The summed E-state index contributed by atoms with van der Waals surface area (Å²) in [5, 5.41) is 0.896. The first-order valence-electron chi connectivity index (χ1n) is 5.50. The van der Waals surface area contributed by atoms with E-state index in [9.17, 15) is 4.79 Å². The summed E-state index contributed by atoms with van der Waals surface area (Å²) in [5.74, 6) is 0.449. The Labute approximate surface area is 93.6 Å². The summed E-state index contributed by atoms with van der Waals surface area (Å²) in [6.07, 6.45) is 4.51. The van der Waals surface area contributed by atoms with Crippen molar-refractivity contribution in [2.75, 3.05) is 6.54 Å². The van der Waals surface area contributed by atoms with Crippen LogP contribution in [0.3, 0.4) is 0 Å². The minimum atomic E-state index is 0.161. The number of carbonyl (C=O) groups excluding carboxylic acids is 1. The van der Waals surface area contributed by atoms with E-state index in [-0.39, 0.29) is 17.9 Å². The van der Waals surface area contributed by atoms with Gasteiger partial charge < -0.3 is 0 Å². The summed E-state index contributed by atoms with van der Waals surface area (Å²) in [6.45, 7) is 4.59. The fraction of sp³-hybridized carbons (Fsp3) is 0.636. The Morgan fingerprint density at radius 1 is 1.40 bits per heavy atom. The highest BCUT2D eigenvalue weighted by Gasteiger charge is 2.42. The SMILES string of the molecule is C=C1CN2C(=O)[C@H]3CCCC[C@H]3N=C2S1. The van der Waals surface area contributed by atoms with Gasteiger partial charge in [-0.25, -0.2) is 0 Å². The number of fused-ring (bicyclic) bond motifs is 2. The standard InChI is InChI=1S/C11H14N2OS/c1-7-6-13-10(14)8-4-2-3-5-9(8)12-11(13)15-7/h8-9H,1-6H2/t8-,9+/m0/s1. The summed E-state index contributed by atoms with van der Waals surface area (Å²) in [4.78, 5) is 19.7. The Morgan fingerprint density at radius 3 is 3.07 bits per heavy atom. The highest BCUT2D eigenvalue weighted by atomic mass is 32.2. The maximum Gasteiger partial charge on any atom is 0.234 e. The molecule has 0 radical (unpaired) electrons. The van der Waals surface area contributed by atoms with Crippen LogP contribution in [0.25, 0.3) is 0 Å². The zero-order chi connectivity index (χ0) is 10.4. The summed E-state index contributed by atoms with van der Waals surface area (Å²) < 4.78 is 0. The fourth-order valence-electron chi connectivity index (χ4n) is 2.62. The molecular weight excluding hydrogens is 208 g/mol. The van der Waals surface area contributed by atoms with Crippen LogP contribution in [0, 0.1) is 5.92 Å².